The van der Waals surface area contributed by atoms with Crippen molar-refractivity contribution in [2.24, 2.45) is 0 Å². The van der Waals surface area contributed by atoms with Crippen LogP contribution in [0.25, 0.3) is 0 Å². The van der Waals surface area contributed by atoms with Gasteiger partial charge in [0.1, 0.15) is 13.2 Å². The summed E-state index contributed by atoms with van der Waals surface area (Å²) in [5.41, 5.74) is 3.99. The first-order valence-electron chi connectivity index (χ1n) is 10.9. The van der Waals surface area contributed by atoms with Crippen molar-refractivity contribution in [2.75, 3.05) is 30.3 Å². The molecule has 0 saturated heterocycles. The fraction of sp³-hybridized carbons (Fsp3) is 0.458. The van der Waals surface area contributed by atoms with Crippen LogP contribution in [0.1, 0.15) is 48.9 Å². The molecule has 0 aromatic heterocycles. The van der Waals surface area contributed by atoms with E-state index in [1.807, 2.05) is 13.0 Å². The van der Waals surface area contributed by atoms with Crippen LogP contribution in [0.5, 0.6) is 11.5 Å². The number of rotatable bonds is 9. The number of amides is 1. The molecule has 0 aliphatic carbocycles. The average Bonchev–Trinajstić information content (AvgIpc) is 2.76. The first kappa shape index (κ1) is 23.9. The molecule has 174 valence electrons. The number of carbonyl (C=O) groups is 1. The highest BCUT2D eigenvalue weighted by Gasteiger charge is 2.21. The molecule has 8 heteroatoms. The zero-order valence-corrected chi connectivity index (χ0v) is 20.0. The van der Waals surface area contributed by atoms with Crippen LogP contribution >= 0.6 is 0 Å². The number of benzene rings is 2. The Kier molecular flexibility index (Phi) is 7.66. The largest absolute Gasteiger partial charge is 0.486 e. The number of nitrogens with one attached hydrogen (secondary N) is 1. The number of ether oxygens (including phenoxy) is 2. The average molecular weight is 461 g/mol. The lowest BCUT2D eigenvalue weighted by Crippen LogP contribution is -2.33. The Balaban J connectivity index is 1.62. The molecule has 1 aliphatic heterocycles. The van der Waals surface area contributed by atoms with E-state index in [0.717, 1.165) is 18.2 Å². The van der Waals surface area contributed by atoms with Gasteiger partial charge in [0.15, 0.2) is 11.5 Å². The molecule has 0 radical (unpaired) electrons. The highest BCUT2D eigenvalue weighted by Crippen LogP contribution is 2.34. The summed E-state index contributed by atoms with van der Waals surface area (Å²) >= 11 is 0. The highest BCUT2D eigenvalue weighted by atomic mass is 32.2. The number of aryl methyl sites for hydroxylation is 2. The molecule has 1 heterocycles. The van der Waals surface area contributed by atoms with Gasteiger partial charge in [0.05, 0.1) is 18.0 Å². The standard InChI is InChI=1S/C24H32N2O5S/c1-5-21(19-9-8-17(2)18(3)15-19)25-24(27)7-6-12-26(32(4,28)29)20-10-11-22-23(16-20)31-14-13-30-22/h8-11,15-16,21H,5-7,12-14H2,1-4H3,(H,25,27)/t21-/m0/s1. The lowest BCUT2D eigenvalue weighted by atomic mass is 9.99. The van der Waals surface area contributed by atoms with Crippen molar-refractivity contribution >= 4 is 21.6 Å². The summed E-state index contributed by atoms with van der Waals surface area (Å²) in [6, 6.07) is 11.2. The molecule has 1 amide bonds. The second-order valence-corrected chi connectivity index (χ2v) is 10.0. The summed E-state index contributed by atoms with van der Waals surface area (Å²) in [4.78, 5) is 12.6. The molecular weight excluding hydrogens is 428 g/mol. The number of sulfonamides is 1. The van der Waals surface area contributed by atoms with Gasteiger partial charge < -0.3 is 14.8 Å². The molecule has 0 unspecified atom stereocenters. The van der Waals surface area contributed by atoms with Crippen LogP contribution in [0.15, 0.2) is 36.4 Å². The molecule has 3 rings (SSSR count). The van der Waals surface area contributed by atoms with Gasteiger partial charge in [-0.3, -0.25) is 9.10 Å². The van der Waals surface area contributed by atoms with Crippen molar-refractivity contribution in [2.45, 2.75) is 46.1 Å². The normalized spacial score (nSPS) is 14.0. The fourth-order valence-electron chi connectivity index (χ4n) is 3.73. The summed E-state index contributed by atoms with van der Waals surface area (Å²) in [6.07, 6.45) is 2.58. The minimum atomic E-state index is -3.52. The maximum absolute atomic E-state index is 12.6. The lowest BCUT2D eigenvalue weighted by molar-refractivity contribution is -0.121. The Hall–Kier alpha value is -2.74. The smallest absolute Gasteiger partial charge is 0.232 e. The van der Waals surface area contributed by atoms with Crippen molar-refractivity contribution in [3.63, 3.8) is 0 Å². The first-order chi connectivity index (χ1) is 15.2. The summed E-state index contributed by atoms with van der Waals surface area (Å²) in [5.74, 6) is 1.04. The summed E-state index contributed by atoms with van der Waals surface area (Å²) in [6.45, 7) is 7.26. The second kappa shape index (κ2) is 10.3. The van der Waals surface area contributed by atoms with E-state index in [1.165, 1.54) is 15.4 Å². The van der Waals surface area contributed by atoms with Crippen LogP contribution in [0.4, 0.5) is 5.69 Å². The van der Waals surface area contributed by atoms with Gasteiger partial charge in [0, 0.05) is 19.0 Å². The van der Waals surface area contributed by atoms with E-state index < -0.39 is 10.0 Å². The van der Waals surface area contributed by atoms with Crippen LogP contribution in [0, 0.1) is 13.8 Å². The number of hydrogen-bond acceptors (Lipinski definition) is 5. The van der Waals surface area contributed by atoms with Gasteiger partial charge in [-0.25, -0.2) is 8.42 Å². The van der Waals surface area contributed by atoms with Crippen LogP contribution in [-0.4, -0.2) is 40.3 Å². The van der Waals surface area contributed by atoms with Crippen molar-refractivity contribution < 1.29 is 22.7 Å². The quantitative estimate of drug-likeness (QED) is 0.614. The number of hydrogen-bond donors (Lipinski definition) is 1. The van der Waals surface area contributed by atoms with Gasteiger partial charge in [0.2, 0.25) is 15.9 Å². The predicted molar refractivity (Wildman–Crippen MR) is 126 cm³/mol. The van der Waals surface area contributed by atoms with E-state index in [-0.39, 0.29) is 24.9 Å². The third-order valence-electron chi connectivity index (χ3n) is 5.66. The Morgan fingerprint density at radius 2 is 1.78 bits per heavy atom. The molecule has 1 aliphatic rings. The van der Waals surface area contributed by atoms with E-state index in [1.54, 1.807) is 18.2 Å². The van der Waals surface area contributed by atoms with Crippen molar-refractivity contribution in [3.8, 4) is 11.5 Å². The van der Waals surface area contributed by atoms with Gasteiger partial charge in [-0.15, -0.1) is 0 Å². The first-order valence-corrected chi connectivity index (χ1v) is 12.8. The number of carbonyl (C=O) groups excluding carboxylic acids is 1. The predicted octanol–water partition coefficient (Wildman–Crippen LogP) is 3.89. The summed E-state index contributed by atoms with van der Waals surface area (Å²) in [7, 11) is -3.52. The van der Waals surface area contributed by atoms with Crippen LogP contribution < -0.4 is 19.1 Å². The van der Waals surface area contributed by atoms with E-state index in [2.05, 4.69) is 31.3 Å². The minimum Gasteiger partial charge on any atom is -0.486 e. The summed E-state index contributed by atoms with van der Waals surface area (Å²) in [5, 5.41) is 3.08. The third kappa shape index (κ3) is 5.94. The highest BCUT2D eigenvalue weighted by molar-refractivity contribution is 7.92. The van der Waals surface area contributed by atoms with Gasteiger partial charge >= 0.3 is 0 Å². The van der Waals surface area contributed by atoms with Crippen molar-refractivity contribution in [1.29, 1.82) is 0 Å². The SMILES string of the molecule is CC[C@H](NC(=O)CCCN(c1ccc2c(c1)OCCO2)S(C)(=O)=O)c1ccc(C)c(C)c1. The molecule has 7 nitrogen and oxygen atoms in total. The molecule has 0 saturated carbocycles. The van der Waals surface area contributed by atoms with E-state index >= 15 is 0 Å². The van der Waals surface area contributed by atoms with E-state index in [4.69, 9.17) is 9.47 Å². The van der Waals surface area contributed by atoms with E-state index in [0.29, 0.717) is 36.8 Å². The zero-order valence-electron chi connectivity index (χ0n) is 19.2. The molecule has 0 fully saturated rings. The number of fused-ring (bicyclic) bond motifs is 1. The van der Waals surface area contributed by atoms with Crippen LogP contribution in [0.2, 0.25) is 0 Å². The summed E-state index contributed by atoms with van der Waals surface area (Å²) < 4.78 is 37.2. The minimum absolute atomic E-state index is 0.0643. The maximum Gasteiger partial charge on any atom is 0.232 e. The molecule has 2 aromatic carbocycles. The molecule has 0 spiro atoms. The Morgan fingerprint density at radius 3 is 2.44 bits per heavy atom. The number of anilines is 1. The van der Waals surface area contributed by atoms with Gasteiger partial charge in [-0.05, 0) is 55.5 Å². The Morgan fingerprint density at radius 1 is 1.06 bits per heavy atom. The Bertz CT molecular complexity index is 1070. The molecule has 1 atom stereocenters. The number of nitrogens with zero attached hydrogens (tertiary/aromatic N) is 1. The Labute approximate surface area is 190 Å². The van der Waals surface area contributed by atoms with E-state index in [9.17, 15) is 13.2 Å². The molecule has 0 bridgehead atoms. The van der Waals surface area contributed by atoms with Crippen LogP contribution in [0.3, 0.4) is 0 Å². The molecule has 1 N–H and O–H groups in total. The molecule has 2 aromatic rings. The van der Waals surface area contributed by atoms with Crippen molar-refractivity contribution in [3.05, 3.63) is 53.1 Å². The fourth-order valence-corrected chi connectivity index (χ4v) is 4.68. The van der Waals surface area contributed by atoms with Gasteiger partial charge in [-0.2, -0.15) is 0 Å². The topological polar surface area (TPSA) is 84.9 Å². The lowest BCUT2D eigenvalue weighted by Gasteiger charge is -2.25. The van der Waals surface area contributed by atoms with Crippen LogP contribution in [-0.2, 0) is 14.8 Å². The monoisotopic (exact) mass is 460 g/mol. The maximum atomic E-state index is 12.6. The third-order valence-corrected chi connectivity index (χ3v) is 6.85. The zero-order chi connectivity index (χ0) is 23.3. The molecule has 32 heavy (non-hydrogen) atoms. The molecular formula is C24H32N2O5S. The van der Waals surface area contributed by atoms with Gasteiger partial charge in [-0.1, -0.05) is 25.1 Å². The van der Waals surface area contributed by atoms with Gasteiger partial charge in [0.25, 0.3) is 0 Å². The second-order valence-electron chi connectivity index (χ2n) is 8.14. The van der Waals surface area contributed by atoms with Crippen molar-refractivity contribution in [1.82, 2.24) is 5.32 Å².